The summed E-state index contributed by atoms with van der Waals surface area (Å²) in [5, 5.41) is 0. The van der Waals surface area contributed by atoms with Crippen molar-refractivity contribution in [1.29, 1.82) is 0 Å². The SMILES string of the molecule is CC(C)CC(=O)OC(C)(C)C(C)(C)OC(=O)C(C)(C)C1N[I-]1. The summed E-state index contributed by atoms with van der Waals surface area (Å²) in [7, 11) is 0. The molecule has 1 N–H and O–H groups in total. The van der Waals surface area contributed by atoms with Crippen LogP contribution in [0.2, 0.25) is 0 Å². The molecule has 130 valence electrons. The van der Waals surface area contributed by atoms with Crippen LogP contribution in [0.4, 0.5) is 0 Å². The minimum absolute atomic E-state index is 0.0817. The summed E-state index contributed by atoms with van der Waals surface area (Å²) in [6, 6.07) is 0. The maximum absolute atomic E-state index is 12.5. The van der Waals surface area contributed by atoms with E-state index in [4.69, 9.17) is 9.47 Å². The summed E-state index contributed by atoms with van der Waals surface area (Å²) < 4.78 is 14.8. The van der Waals surface area contributed by atoms with E-state index in [2.05, 4.69) is 3.53 Å². The molecule has 0 aliphatic carbocycles. The molecule has 1 fully saturated rings. The second-order valence-electron chi connectivity index (χ2n) is 7.78. The van der Waals surface area contributed by atoms with Crippen molar-refractivity contribution >= 4 is 11.9 Å². The Morgan fingerprint density at radius 1 is 1.05 bits per heavy atom. The third kappa shape index (κ3) is 4.81. The number of alkyl halides is 1. The minimum atomic E-state index is -0.902. The number of halogens is 1. The molecule has 0 bridgehead atoms. The number of carbonyl (C=O) groups excluding carboxylic acids is 2. The normalized spacial score (nSPS) is 19.4. The molecule has 1 atom stereocenters. The van der Waals surface area contributed by atoms with Gasteiger partial charge in [0.25, 0.3) is 0 Å². The van der Waals surface area contributed by atoms with Gasteiger partial charge >= 0.3 is 144 Å². The van der Waals surface area contributed by atoms with Gasteiger partial charge in [-0.3, -0.25) is 0 Å². The van der Waals surface area contributed by atoms with Crippen LogP contribution in [-0.2, 0) is 19.1 Å². The van der Waals surface area contributed by atoms with E-state index in [1.807, 2.05) is 27.7 Å². The van der Waals surface area contributed by atoms with Gasteiger partial charge in [0.2, 0.25) is 0 Å². The van der Waals surface area contributed by atoms with Crippen molar-refractivity contribution in [3.8, 4) is 0 Å². The van der Waals surface area contributed by atoms with Gasteiger partial charge in [-0.1, -0.05) is 0 Å². The number of hydrogen-bond acceptors (Lipinski definition) is 5. The molecule has 6 heteroatoms. The summed E-state index contributed by atoms with van der Waals surface area (Å²) in [4.78, 5) is 24.4. The first-order valence-corrected chi connectivity index (χ1v) is 9.95. The summed E-state index contributed by atoms with van der Waals surface area (Å²) >= 11 is -0.0817. The van der Waals surface area contributed by atoms with Crippen molar-refractivity contribution in [1.82, 2.24) is 3.53 Å². The van der Waals surface area contributed by atoms with Gasteiger partial charge < -0.3 is 0 Å². The molecule has 1 heterocycles. The zero-order valence-electron chi connectivity index (χ0n) is 14.9. The van der Waals surface area contributed by atoms with Crippen molar-refractivity contribution in [2.75, 3.05) is 0 Å². The van der Waals surface area contributed by atoms with Gasteiger partial charge in [-0.2, -0.15) is 0 Å². The maximum atomic E-state index is 12.5. The van der Waals surface area contributed by atoms with Crippen LogP contribution in [0.25, 0.3) is 0 Å². The van der Waals surface area contributed by atoms with E-state index < -0.39 is 16.6 Å². The van der Waals surface area contributed by atoms with E-state index in [-0.39, 0.29) is 43.4 Å². The molecule has 5 nitrogen and oxygen atoms in total. The molecule has 0 radical (unpaired) electrons. The topological polar surface area (TPSA) is 74.5 Å². The van der Waals surface area contributed by atoms with Gasteiger partial charge in [0, 0.05) is 0 Å². The quantitative estimate of drug-likeness (QED) is 0.150. The molecular formula is C16H29INO4-. The molecule has 1 rings (SSSR count). The van der Waals surface area contributed by atoms with Crippen molar-refractivity contribution in [2.24, 2.45) is 11.3 Å². The van der Waals surface area contributed by atoms with Gasteiger partial charge in [0.05, 0.1) is 0 Å². The molecule has 0 amide bonds. The zero-order chi connectivity index (χ0) is 17.3. The zero-order valence-corrected chi connectivity index (χ0v) is 17.0. The van der Waals surface area contributed by atoms with Gasteiger partial charge in [-0.25, -0.2) is 0 Å². The van der Waals surface area contributed by atoms with Crippen molar-refractivity contribution in [3.05, 3.63) is 0 Å². The summed E-state index contributed by atoms with van der Waals surface area (Å²) in [6.45, 7) is 14.9. The molecule has 0 spiro atoms. The predicted octanol–water partition coefficient (Wildman–Crippen LogP) is -0.364. The second-order valence-corrected chi connectivity index (χ2v) is 10.3. The van der Waals surface area contributed by atoms with Crippen LogP contribution in [0.15, 0.2) is 0 Å². The molecule has 0 aromatic heterocycles. The van der Waals surface area contributed by atoms with Crippen LogP contribution < -0.4 is 25.0 Å². The van der Waals surface area contributed by atoms with Crippen LogP contribution >= 0.6 is 0 Å². The molecule has 22 heavy (non-hydrogen) atoms. The second kappa shape index (κ2) is 6.63. The molecule has 1 unspecified atom stereocenters. The number of rotatable bonds is 7. The monoisotopic (exact) mass is 426 g/mol. The Morgan fingerprint density at radius 2 is 1.50 bits per heavy atom. The van der Waals surface area contributed by atoms with Gasteiger partial charge in [0.15, 0.2) is 0 Å². The summed E-state index contributed by atoms with van der Waals surface area (Å²) in [5.41, 5.74) is -2.33. The number of nitrogens with one attached hydrogen (secondary N) is 1. The van der Waals surface area contributed by atoms with Crippen LogP contribution in [0.1, 0.15) is 61.8 Å². The first kappa shape index (κ1) is 19.7. The Kier molecular flexibility index (Phi) is 5.93. The van der Waals surface area contributed by atoms with Crippen molar-refractivity contribution < 1.29 is 40.5 Å². The van der Waals surface area contributed by atoms with Crippen LogP contribution in [0, 0.1) is 11.3 Å². The van der Waals surface area contributed by atoms with Crippen molar-refractivity contribution in [3.63, 3.8) is 0 Å². The first-order chi connectivity index (χ1) is 9.79. The molecule has 0 saturated carbocycles. The Bertz CT molecular complexity index is 439. The number of esters is 2. The van der Waals surface area contributed by atoms with Gasteiger partial charge in [0.1, 0.15) is 0 Å². The average Bonchev–Trinajstić information content (AvgIpc) is 3.09. The fourth-order valence-corrected chi connectivity index (χ4v) is 3.67. The third-order valence-electron chi connectivity index (χ3n) is 4.12. The first-order valence-electron chi connectivity index (χ1n) is 7.63. The Hall–Kier alpha value is -0.370. The van der Waals surface area contributed by atoms with E-state index in [0.29, 0.717) is 6.42 Å². The summed E-state index contributed by atoms with van der Waals surface area (Å²) in [5.74, 6) is -0.281. The van der Waals surface area contributed by atoms with E-state index in [1.54, 1.807) is 27.7 Å². The van der Waals surface area contributed by atoms with E-state index in [0.717, 1.165) is 0 Å². The molecule has 0 aromatic rings. The van der Waals surface area contributed by atoms with E-state index in [1.165, 1.54) is 0 Å². The van der Waals surface area contributed by atoms with Crippen molar-refractivity contribution in [2.45, 2.75) is 77.1 Å². The standard InChI is InChI=1S/C16H29INO4/c1-10(2)9-11(19)21-15(5,6)16(7,8)22-13(20)14(3,4)12-17-18-12/h10,12,18H,9H2,1-8H3/q-1. The predicted molar refractivity (Wildman–Crippen MR) is 80.5 cm³/mol. The fourth-order valence-electron chi connectivity index (χ4n) is 1.68. The van der Waals surface area contributed by atoms with Crippen LogP contribution in [0.5, 0.6) is 0 Å². The third-order valence-corrected chi connectivity index (χ3v) is 6.92. The molecule has 1 saturated heterocycles. The Labute approximate surface area is 144 Å². The number of carbonyl (C=O) groups is 2. The van der Waals surface area contributed by atoms with E-state index >= 15 is 0 Å². The van der Waals surface area contributed by atoms with Gasteiger partial charge in [-0.05, 0) is 0 Å². The average molecular weight is 426 g/mol. The molecule has 0 aromatic carbocycles. The number of hydrogen-bond donors (Lipinski definition) is 1. The molecule has 1 aliphatic heterocycles. The van der Waals surface area contributed by atoms with Crippen LogP contribution in [0.3, 0.4) is 0 Å². The fraction of sp³-hybridized carbons (Fsp3) is 0.875. The Morgan fingerprint density at radius 3 is 1.91 bits per heavy atom. The summed E-state index contributed by atoms with van der Waals surface area (Å²) in [6.07, 6.45) is 0.357. The molecule has 1 aliphatic rings. The van der Waals surface area contributed by atoms with Gasteiger partial charge in [-0.15, -0.1) is 0 Å². The van der Waals surface area contributed by atoms with E-state index in [9.17, 15) is 9.59 Å². The number of ether oxygens (including phenoxy) is 2. The Balaban J connectivity index is 2.74. The molecular weight excluding hydrogens is 397 g/mol. The van der Waals surface area contributed by atoms with Crippen LogP contribution in [-0.4, -0.2) is 27.2 Å².